The van der Waals surface area contributed by atoms with Gasteiger partial charge in [-0.15, -0.1) is 0 Å². The minimum absolute atomic E-state index is 0.311. The molecule has 1 unspecified atom stereocenters. The Morgan fingerprint density at radius 2 is 2.70 bits per heavy atom. The largest absolute Gasteiger partial charge is 0.315 e. The van der Waals surface area contributed by atoms with Crippen molar-refractivity contribution in [1.82, 2.24) is 15.9 Å². The van der Waals surface area contributed by atoms with Gasteiger partial charge in [0, 0.05) is 19.2 Å². The molecule has 0 fully saturated rings. The predicted octanol–water partition coefficient (Wildman–Crippen LogP) is -0.571. The Balaban J connectivity index is 1.89. The normalized spacial score (nSPS) is 30.6. The number of hydrazone groups is 1. The SMILES string of the molecule is [C]1=CCN(C2CC=NN2)N1. The van der Waals surface area contributed by atoms with Crippen LogP contribution in [0.2, 0.25) is 0 Å². The van der Waals surface area contributed by atoms with E-state index in [1.54, 1.807) is 0 Å². The average Bonchev–Trinajstić information content (AvgIpc) is 2.59. The van der Waals surface area contributed by atoms with Crippen LogP contribution in [0.3, 0.4) is 0 Å². The van der Waals surface area contributed by atoms with Crippen LogP contribution in [0.4, 0.5) is 0 Å². The first kappa shape index (κ1) is 5.73. The third-order valence-corrected chi connectivity index (χ3v) is 1.62. The van der Waals surface area contributed by atoms with Crippen LogP contribution in [0.1, 0.15) is 6.42 Å². The van der Waals surface area contributed by atoms with E-state index in [4.69, 9.17) is 0 Å². The maximum atomic E-state index is 3.91. The molecule has 2 rings (SSSR count). The van der Waals surface area contributed by atoms with Crippen LogP contribution in [-0.4, -0.2) is 23.9 Å². The topological polar surface area (TPSA) is 39.7 Å². The van der Waals surface area contributed by atoms with Crippen LogP contribution < -0.4 is 10.9 Å². The van der Waals surface area contributed by atoms with Crippen molar-refractivity contribution in [3.8, 4) is 0 Å². The van der Waals surface area contributed by atoms with Crippen molar-refractivity contribution in [1.29, 1.82) is 0 Å². The van der Waals surface area contributed by atoms with Crippen molar-refractivity contribution < 1.29 is 0 Å². The van der Waals surface area contributed by atoms with Crippen LogP contribution in [0.5, 0.6) is 0 Å². The molecule has 0 spiro atoms. The minimum Gasteiger partial charge on any atom is -0.315 e. The number of nitrogens with one attached hydrogen (secondary N) is 2. The summed E-state index contributed by atoms with van der Waals surface area (Å²) < 4.78 is 0. The molecule has 0 saturated carbocycles. The van der Waals surface area contributed by atoms with Gasteiger partial charge in [0.1, 0.15) is 6.17 Å². The molecule has 4 nitrogen and oxygen atoms in total. The molecule has 1 radical (unpaired) electrons. The second-order valence-corrected chi connectivity index (χ2v) is 2.30. The number of hydrogen-bond donors (Lipinski definition) is 2. The molecule has 0 bridgehead atoms. The first-order chi connectivity index (χ1) is 4.97. The summed E-state index contributed by atoms with van der Waals surface area (Å²) in [6.07, 6.45) is 8.01. The highest BCUT2D eigenvalue weighted by atomic mass is 15.6. The Kier molecular flexibility index (Phi) is 1.32. The summed E-state index contributed by atoms with van der Waals surface area (Å²) in [7, 11) is 0. The van der Waals surface area contributed by atoms with Gasteiger partial charge in [-0.1, -0.05) is 0 Å². The van der Waals surface area contributed by atoms with Gasteiger partial charge in [-0.05, 0) is 6.08 Å². The first-order valence-electron chi connectivity index (χ1n) is 3.33. The van der Waals surface area contributed by atoms with E-state index in [1.165, 1.54) is 0 Å². The Bertz CT molecular complexity index is 139. The predicted molar refractivity (Wildman–Crippen MR) is 37.7 cm³/mol. The van der Waals surface area contributed by atoms with E-state index >= 15 is 0 Å². The standard InChI is InChI=1S/C6H9N4/c1-3-8-10(5-1)6-2-4-7-9-6/h1,4,6,8-9H,2,5H2. The zero-order valence-corrected chi connectivity index (χ0v) is 5.54. The van der Waals surface area contributed by atoms with Gasteiger partial charge in [-0.25, -0.2) is 0 Å². The van der Waals surface area contributed by atoms with Crippen LogP contribution >= 0.6 is 0 Å². The molecule has 0 aromatic rings. The highest BCUT2D eigenvalue weighted by Crippen LogP contribution is 2.03. The summed E-state index contributed by atoms with van der Waals surface area (Å²) >= 11 is 0. The highest BCUT2D eigenvalue weighted by molar-refractivity contribution is 5.59. The van der Waals surface area contributed by atoms with Gasteiger partial charge in [-0.2, -0.15) is 10.1 Å². The summed E-state index contributed by atoms with van der Waals surface area (Å²) in [6, 6.07) is 0. The fraction of sp³-hybridized carbons (Fsp3) is 0.500. The van der Waals surface area contributed by atoms with Gasteiger partial charge in [0.25, 0.3) is 0 Å². The Hall–Kier alpha value is -1.03. The molecule has 53 valence electrons. The van der Waals surface area contributed by atoms with E-state index in [1.807, 2.05) is 17.3 Å². The quantitative estimate of drug-likeness (QED) is 0.508. The molecular weight excluding hydrogens is 128 g/mol. The monoisotopic (exact) mass is 137 g/mol. The summed E-state index contributed by atoms with van der Waals surface area (Å²) in [5.41, 5.74) is 5.96. The molecular formula is C6H9N4. The number of hydrazine groups is 1. The maximum Gasteiger partial charge on any atom is 0.118 e. The lowest BCUT2D eigenvalue weighted by Gasteiger charge is -2.22. The van der Waals surface area contributed by atoms with Crippen LogP contribution in [0, 0.1) is 6.20 Å². The van der Waals surface area contributed by atoms with Crippen molar-refractivity contribution in [2.45, 2.75) is 12.6 Å². The minimum atomic E-state index is 0.311. The summed E-state index contributed by atoms with van der Waals surface area (Å²) in [4.78, 5) is 0. The lowest BCUT2D eigenvalue weighted by molar-refractivity contribution is 0.165. The number of nitrogens with zero attached hydrogens (tertiary/aromatic N) is 2. The van der Waals surface area contributed by atoms with Crippen molar-refractivity contribution in [3.63, 3.8) is 0 Å². The Labute approximate surface area is 59.6 Å². The van der Waals surface area contributed by atoms with E-state index < -0.39 is 0 Å². The van der Waals surface area contributed by atoms with Crippen molar-refractivity contribution in [2.75, 3.05) is 6.54 Å². The molecule has 0 saturated heterocycles. The van der Waals surface area contributed by atoms with E-state index in [0.29, 0.717) is 6.17 Å². The molecule has 2 aliphatic heterocycles. The number of rotatable bonds is 1. The molecule has 2 N–H and O–H groups in total. The zero-order chi connectivity index (χ0) is 6.81. The van der Waals surface area contributed by atoms with Gasteiger partial charge in [0.15, 0.2) is 0 Å². The van der Waals surface area contributed by atoms with E-state index in [0.717, 1.165) is 13.0 Å². The summed E-state index contributed by atoms with van der Waals surface area (Å²) in [5.74, 6) is 0. The lowest BCUT2D eigenvalue weighted by Crippen LogP contribution is -2.45. The summed E-state index contributed by atoms with van der Waals surface area (Å²) in [6.45, 7) is 0.904. The fourth-order valence-corrected chi connectivity index (χ4v) is 1.06. The first-order valence-corrected chi connectivity index (χ1v) is 3.33. The molecule has 2 heterocycles. The van der Waals surface area contributed by atoms with Crippen LogP contribution in [-0.2, 0) is 0 Å². The van der Waals surface area contributed by atoms with Crippen molar-refractivity contribution >= 4 is 6.21 Å². The molecule has 10 heavy (non-hydrogen) atoms. The third kappa shape index (κ3) is 0.863. The van der Waals surface area contributed by atoms with Crippen molar-refractivity contribution in [2.24, 2.45) is 5.10 Å². The van der Waals surface area contributed by atoms with Gasteiger partial charge < -0.3 is 5.43 Å². The van der Waals surface area contributed by atoms with E-state index in [9.17, 15) is 0 Å². The van der Waals surface area contributed by atoms with Crippen molar-refractivity contribution in [3.05, 3.63) is 12.3 Å². The third-order valence-electron chi connectivity index (χ3n) is 1.62. The van der Waals surface area contributed by atoms with Gasteiger partial charge in [0.05, 0.1) is 6.20 Å². The van der Waals surface area contributed by atoms with Gasteiger partial charge >= 0.3 is 0 Å². The fourth-order valence-electron chi connectivity index (χ4n) is 1.06. The lowest BCUT2D eigenvalue weighted by atomic mass is 10.4. The Morgan fingerprint density at radius 1 is 1.70 bits per heavy atom. The van der Waals surface area contributed by atoms with E-state index in [2.05, 4.69) is 22.2 Å². The van der Waals surface area contributed by atoms with Crippen LogP contribution in [0.25, 0.3) is 0 Å². The smallest absolute Gasteiger partial charge is 0.118 e. The summed E-state index contributed by atoms with van der Waals surface area (Å²) in [5, 5.41) is 5.96. The van der Waals surface area contributed by atoms with Gasteiger partial charge in [0.2, 0.25) is 0 Å². The zero-order valence-electron chi connectivity index (χ0n) is 5.54. The molecule has 1 atom stereocenters. The second-order valence-electron chi connectivity index (χ2n) is 2.30. The van der Waals surface area contributed by atoms with Gasteiger partial charge in [-0.3, -0.25) is 5.43 Å². The van der Waals surface area contributed by atoms with Crippen LogP contribution in [0.15, 0.2) is 11.2 Å². The number of hydrogen-bond acceptors (Lipinski definition) is 4. The molecule has 0 aliphatic carbocycles. The Morgan fingerprint density at radius 3 is 3.30 bits per heavy atom. The molecule has 0 amide bonds. The molecule has 2 aliphatic rings. The highest BCUT2D eigenvalue weighted by Gasteiger charge is 2.19. The second kappa shape index (κ2) is 2.30. The molecule has 0 aromatic heterocycles. The average molecular weight is 137 g/mol. The molecule has 4 heteroatoms. The van der Waals surface area contributed by atoms with E-state index in [-0.39, 0.29) is 0 Å². The molecule has 0 aromatic carbocycles. The maximum absolute atomic E-state index is 3.91.